The smallest absolute Gasteiger partial charge is 0.124 e. The lowest BCUT2D eigenvalue weighted by Crippen LogP contribution is -2.38. The fraction of sp³-hybridized carbons (Fsp3) is 0.625. The largest absolute Gasteiger partial charge is 0.490 e. The van der Waals surface area contributed by atoms with Gasteiger partial charge in [0.1, 0.15) is 18.2 Å². The van der Waals surface area contributed by atoms with Crippen LogP contribution >= 0.6 is 0 Å². The van der Waals surface area contributed by atoms with Crippen molar-refractivity contribution in [3.8, 4) is 5.75 Å². The molecule has 1 atom stereocenters. The molecule has 1 aliphatic rings. The Labute approximate surface area is 120 Å². The van der Waals surface area contributed by atoms with Crippen LogP contribution in [-0.2, 0) is 0 Å². The van der Waals surface area contributed by atoms with Gasteiger partial charge in [0.05, 0.1) is 5.60 Å². The second kappa shape index (κ2) is 6.55. The summed E-state index contributed by atoms with van der Waals surface area (Å²) in [6, 6.07) is 4.53. The maximum absolute atomic E-state index is 13.4. The molecule has 0 saturated heterocycles. The Balaban J connectivity index is 2.08. The lowest BCUT2D eigenvalue weighted by atomic mass is 9.85. The normalized spacial score (nSPS) is 19.6. The first kappa shape index (κ1) is 15.3. The highest BCUT2D eigenvalue weighted by Crippen LogP contribution is 2.31. The highest BCUT2D eigenvalue weighted by molar-refractivity contribution is 5.36. The van der Waals surface area contributed by atoms with Crippen molar-refractivity contribution in [2.24, 2.45) is 0 Å². The van der Waals surface area contributed by atoms with E-state index < -0.39 is 5.60 Å². The Kier molecular flexibility index (Phi) is 5.00. The summed E-state index contributed by atoms with van der Waals surface area (Å²) in [6.45, 7) is 2.24. The first-order chi connectivity index (χ1) is 9.54. The summed E-state index contributed by atoms with van der Waals surface area (Å²) in [4.78, 5) is 0. The number of halogens is 1. The molecule has 1 aliphatic carbocycles. The van der Waals surface area contributed by atoms with Crippen LogP contribution in [0.3, 0.4) is 0 Å². The van der Waals surface area contributed by atoms with E-state index >= 15 is 0 Å². The first-order valence-electron chi connectivity index (χ1n) is 7.36. The Morgan fingerprint density at radius 1 is 1.35 bits per heavy atom. The third-order valence-electron chi connectivity index (χ3n) is 4.15. The minimum atomic E-state index is -0.729. The molecule has 1 saturated carbocycles. The monoisotopic (exact) mass is 281 g/mol. The number of rotatable bonds is 5. The van der Waals surface area contributed by atoms with Gasteiger partial charge in [0.25, 0.3) is 0 Å². The van der Waals surface area contributed by atoms with Crippen molar-refractivity contribution in [1.82, 2.24) is 5.32 Å². The molecule has 1 aromatic carbocycles. The number of benzene rings is 1. The molecule has 1 unspecified atom stereocenters. The molecule has 0 bridgehead atoms. The second-order valence-electron chi connectivity index (χ2n) is 5.77. The van der Waals surface area contributed by atoms with Crippen molar-refractivity contribution in [3.63, 3.8) is 0 Å². The Morgan fingerprint density at radius 2 is 2.05 bits per heavy atom. The lowest BCUT2D eigenvalue weighted by Gasteiger charge is -2.32. The van der Waals surface area contributed by atoms with Gasteiger partial charge in [-0.25, -0.2) is 4.39 Å². The first-order valence-corrected chi connectivity index (χ1v) is 7.36. The van der Waals surface area contributed by atoms with E-state index in [1.165, 1.54) is 18.6 Å². The van der Waals surface area contributed by atoms with Crippen molar-refractivity contribution in [1.29, 1.82) is 0 Å². The Hall–Kier alpha value is -1.13. The van der Waals surface area contributed by atoms with Crippen LogP contribution in [0.2, 0.25) is 0 Å². The van der Waals surface area contributed by atoms with Crippen LogP contribution in [0.1, 0.15) is 50.6 Å². The Morgan fingerprint density at radius 3 is 2.70 bits per heavy atom. The van der Waals surface area contributed by atoms with Crippen molar-refractivity contribution in [3.05, 3.63) is 29.6 Å². The van der Waals surface area contributed by atoms with Crippen LogP contribution in [0.15, 0.2) is 18.2 Å². The average molecular weight is 281 g/mol. The van der Waals surface area contributed by atoms with Crippen molar-refractivity contribution >= 4 is 0 Å². The maximum atomic E-state index is 13.4. The van der Waals surface area contributed by atoms with E-state index in [1.807, 2.05) is 14.0 Å². The number of ether oxygens (including phenoxy) is 1. The molecule has 1 aromatic rings. The number of nitrogens with one attached hydrogen (secondary N) is 1. The van der Waals surface area contributed by atoms with Crippen LogP contribution in [-0.4, -0.2) is 24.4 Å². The van der Waals surface area contributed by atoms with Crippen LogP contribution < -0.4 is 10.1 Å². The van der Waals surface area contributed by atoms with Gasteiger partial charge in [-0.05, 0) is 45.0 Å². The van der Waals surface area contributed by atoms with Gasteiger partial charge in [0.15, 0.2) is 0 Å². The van der Waals surface area contributed by atoms with E-state index in [0.29, 0.717) is 5.75 Å². The maximum Gasteiger partial charge on any atom is 0.124 e. The quantitative estimate of drug-likeness (QED) is 0.871. The minimum absolute atomic E-state index is 0.00157. The number of hydrogen-bond donors (Lipinski definition) is 2. The summed E-state index contributed by atoms with van der Waals surface area (Å²) < 4.78 is 19.2. The van der Waals surface area contributed by atoms with E-state index in [1.54, 1.807) is 6.07 Å². The number of aliphatic hydroxyl groups is 1. The molecule has 0 heterocycles. The van der Waals surface area contributed by atoms with Crippen LogP contribution in [0.5, 0.6) is 5.75 Å². The standard InChI is InChI=1S/C16H24FNO2/c1-12(18-2)14-10-13(17)6-7-15(14)20-11-16(19)8-4-3-5-9-16/h6-7,10,12,18-19H,3-5,8-9,11H2,1-2H3. The van der Waals surface area contributed by atoms with Gasteiger partial charge in [0, 0.05) is 11.6 Å². The third kappa shape index (κ3) is 3.70. The molecular formula is C16H24FNO2. The van der Waals surface area contributed by atoms with Crippen LogP contribution in [0, 0.1) is 5.82 Å². The van der Waals surface area contributed by atoms with E-state index in [4.69, 9.17) is 4.74 Å². The molecule has 2 rings (SSSR count). The average Bonchev–Trinajstić information content (AvgIpc) is 2.46. The molecular weight excluding hydrogens is 257 g/mol. The molecule has 4 heteroatoms. The van der Waals surface area contributed by atoms with E-state index in [-0.39, 0.29) is 18.5 Å². The highest BCUT2D eigenvalue weighted by Gasteiger charge is 2.30. The van der Waals surface area contributed by atoms with Gasteiger partial charge in [0.2, 0.25) is 0 Å². The summed E-state index contributed by atoms with van der Waals surface area (Å²) in [6.07, 6.45) is 4.84. The van der Waals surface area contributed by atoms with E-state index in [9.17, 15) is 9.50 Å². The van der Waals surface area contributed by atoms with Gasteiger partial charge in [-0.1, -0.05) is 19.3 Å². The molecule has 1 fully saturated rings. The molecule has 2 N–H and O–H groups in total. The zero-order chi connectivity index (χ0) is 14.6. The minimum Gasteiger partial charge on any atom is -0.490 e. The fourth-order valence-corrected chi connectivity index (χ4v) is 2.71. The zero-order valence-corrected chi connectivity index (χ0v) is 12.3. The summed E-state index contributed by atoms with van der Waals surface area (Å²) in [5.74, 6) is 0.373. The van der Waals surface area contributed by atoms with Crippen molar-refractivity contribution in [2.75, 3.05) is 13.7 Å². The van der Waals surface area contributed by atoms with Crippen LogP contribution in [0.25, 0.3) is 0 Å². The van der Waals surface area contributed by atoms with Crippen molar-refractivity contribution in [2.45, 2.75) is 50.7 Å². The molecule has 3 nitrogen and oxygen atoms in total. The van der Waals surface area contributed by atoms with E-state index in [2.05, 4.69) is 5.32 Å². The third-order valence-corrected chi connectivity index (χ3v) is 4.15. The van der Waals surface area contributed by atoms with Gasteiger partial charge < -0.3 is 15.2 Å². The summed E-state index contributed by atoms with van der Waals surface area (Å²) in [5.41, 5.74) is 0.0548. The molecule has 0 spiro atoms. The van der Waals surface area contributed by atoms with E-state index in [0.717, 1.165) is 31.2 Å². The Bertz CT molecular complexity index is 444. The molecule has 20 heavy (non-hydrogen) atoms. The molecule has 0 aliphatic heterocycles. The fourth-order valence-electron chi connectivity index (χ4n) is 2.71. The molecule has 112 valence electrons. The SMILES string of the molecule is CNC(C)c1cc(F)ccc1OCC1(O)CCCCC1. The van der Waals surface area contributed by atoms with Gasteiger partial charge in [-0.2, -0.15) is 0 Å². The summed E-state index contributed by atoms with van der Waals surface area (Å²) in [5, 5.41) is 13.5. The highest BCUT2D eigenvalue weighted by atomic mass is 19.1. The predicted octanol–water partition coefficient (Wildman–Crippen LogP) is 3.18. The lowest BCUT2D eigenvalue weighted by molar-refractivity contribution is -0.0342. The second-order valence-corrected chi connectivity index (χ2v) is 5.77. The number of hydrogen-bond acceptors (Lipinski definition) is 3. The van der Waals surface area contributed by atoms with Gasteiger partial charge in [-0.3, -0.25) is 0 Å². The molecule has 0 radical (unpaired) electrons. The predicted molar refractivity (Wildman–Crippen MR) is 77.4 cm³/mol. The van der Waals surface area contributed by atoms with Crippen LogP contribution in [0.4, 0.5) is 4.39 Å². The molecule has 0 amide bonds. The topological polar surface area (TPSA) is 41.5 Å². The molecule has 0 aromatic heterocycles. The summed E-state index contributed by atoms with van der Waals surface area (Å²) in [7, 11) is 1.83. The van der Waals surface area contributed by atoms with Gasteiger partial charge >= 0.3 is 0 Å². The zero-order valence-electron chi connectivity index (χ0n) is 12.3. The van der Waals surface area contributed by atoms with Crippen molar-refractivity contribution < 1.29 is 14.2 Å². The van der Waals surface area contributed by atoms with Gasteiger partial charge in [-0.15, -0.1) is 0 Å². The summed E-state index contributed by atoms with van der Waals surface area (Å²) >= 11 is 0.